The van der Waals surface area contributed by atoms with Crippen molar-refractivity contribution in [3.8, 4) is 28.4 Å². The van der Waals surface area contributed by atoms with Gasteiger partial charge >= 0.3 is 5.97 Å². The minimum absolute atomic E-state index is 0.186. The number of rotatable bonds is 7. The van der Waals surface area contributed by atoms with Crippen molar-refractivity contribution in [3.63, 3.8) is 0 Å². The van der Waals surface area contributed by atoms with Crippen molar-refractivity contribution < 1.29 is 23.7 Å². The Bertz CT molecular complexity index is 995. The maximum atomic E-state index is 11.5. The van der Waals surface area contributed by atoms with Crippen LogP contribution in [0.3, 0.4) is 0 Å². The number of benzene rings is 3. The van der Waals surface area contributed by atoms with Gasteiger partial charge in [0.2, 0.25) is 6.79 Å². The van der Waals surface area contributed by atoms with E-state index in [0.29, 0.717) is 26.1 Å². The van der Waals surface area contributed by atoms with Gasteiger partial charge in [-0.2, -0.15) is 0 Å². The third-order valence-electron chi connectivity index (χ3n) is 4.66. The van der Waals surface area contributed by atoms with Gasteiger partial charge in [-0.3, -0.25) is 4.79 Å². The lowest BCUT2D eigenvalue weighted by atomic mass is 9.97. The minimum atomic E-state index is -0.186. The van der Waals surface area contributed by atoms with Crippen LogP contribution in [0.5, 0.6) is 17.2 Å². The molecule has 5 nitrogen and oxygen atoms in total. The fraction of sp³-hybridized carbons (Fsp3) is 0.261. The van der Waals surface area contributed by atoms with Crippen LogP contribution in [-0.4, -0.2) is 26.0 Å². The first-order valence-electron chi connectivity index (χ1n) is 9.46. The van der Waals surface area contributed by atoms with E-state index in [4.69, 9.17) is 18.9 Å². The lowest BCUT2D eigenvalue weighted by Gasteiger charge is -2.13. The second-order valence-corrected chi connectivity index (χ2v) is 6.48. The molecule has 3 aromatic carbocycles. The minimum Gasteiger partial charge on any atom is -0.493 e. The highest BCUT2D eigenvalue weighted by Gasteiger charge is 2.15. The molecule has 0 saturated heterocycles. The molecule has 0 saturated carbocycles. The summed E-state index contributed by atoms with van der Waals surface area (Å²) in [5.41, 5.74) is 2.17. The number of fused-ring (bicyclic) bond motifs is 2. The fourth-order valence-corrected chi connectivity index (χ4v) is 3.34. The molecule has 0 bridgehead atoms. The largest absolute Gasteiger partial charge is 0.493 e. The molecule has 0 radical (unpaired) electrons. The van der Waals surface area contributed by atoms with Crippen molar-refractivity contribution >= 4 is 16.7 Å². The van der Waals surface area contributed by atoms with Gasteiger partial charge in [0.1, 0.15) is 5.75 Å². The fourth-order valence-electron chi connectivity index (χ4n) is 3.34. The molecule has 1 aliphatic rings. The van der Waals surface area contributed by atoms with Crippen molar-refractivity contribution in [3.05, 3.63) is 54.6 Å². The van der Waals surface area contributed by atoms with Gasteiger partial charge in [0.05, 0.1) is 13.2 Å². The molecule has 0 spiro atoms. The normalized spacial score (nSPS) is 12.2. The molecule has 4 rings (SSSR count). The number of hydrogen-bond acceptors (Lipinski definition) is 5. The van der Waals surface area contributed by atoms with Gasteiger partial charge in [-0.25, -0.2) is 0 Å². The summed E-state index contributed by atoms with van der Waals surface area (Å²) in [7, 11) is 0. The Morgan fingerprint density at radius 3 is 2.68 bits per heavy atom. The third-order valence-corrected chi connectivity index (χ3v) is 4.66. The molecule has 3 aromatic rings. The van der Waals surface area contributed by atoms with E-state index < -0.39 is 0 Å². The molecular formula is C23H22O5. The molecule has 0 amide bonds. The average molecular weight is 378 g/mol. The maximum Gasteiger partial charge on any atom is 0.305 e. The van der Waals surface area contributed by atoms with E-state index in [9.17, 15) is 4.79 Å². The quantitative estimate of drug-likeness (QED) is 0.430. The lowest BCUT2D eigenvalue weighted by molar-refractivity contribution is -0.143. The first-order valence-corrected chi connectivity index (χ1v) is 9.46. The number of carbonyl (C=O) groups excluding carboxylic acids is 1. The molecule has 1 aliphatic heterocycles. The van der Waals surface area contributed by atoms with Crippen molar-refractivity contribution in [1.82, 2.24) is 0 Å². The van der Waals surface area contributed by atoms with Crippen molar-refractivity contribution in [2.45, 2.75) is 19.8 Å². The Morgan fingerprint density at radius 2 is 1.82 bits per heavy atom. The third kappa shape index (κ3) is 3.74. The summed E-state index contributed by atoms with van der Waals surface area (Å²) in [6.45, 7) is 2.94. The highest BCUT2D eigenvalue weighted by atomic mass is 16.7. The molecule has 0 atom stereocenters. The number of carbonyl (C=O) groups is 1. The summed E-state index contributed by atoms with van der Waals surface area (Å²) in [5, 5.41) is 2.14. The van der Waals surface area contributed by atoms with Crippen LogP contribution in [-0.2, 0) is 9.53 Å². The second kappa shape index (κ2) is 8.21. The standard InChI is InChI=1S/C23H22O5/c1-2-25-23(24)8-5-13-26-20-12-10-17(18-6-3-4-7-19(18)20)16-9-11-21-22(14-16)28-15-27-21/h3-4,6-7,9-12,14H,2,5,8,13,15H2,1H3. The highest BCUT2D eigenvalue weighted by Crippen LogP contribution is 2.39. The summed E-state index contributed by atoms with van der Waals surface area (Å²) in [4.78, 5) is 11.5. The molecule has 0 aromatic heterocycles. The maximum absolute atomic E-state index is 11.5. The van der Waals surface area contributed by atoms with Crippen LogP contribution >= 0.6 is 0 Å². The molecule has 0 fully saturated rings. The van der Waals surface area contributed by atoms with Crippen LogP contribution in [0.2, 0.25) is 0 Å². The Hall–Kier alpha value is -3.21. The molecule has 0 N–H and O–H groups in total. The van der Waals surface area contributed by atoms with Gasteiger partial charge in [0, 0.05) is 11.8 Å². The average Bonchev–Trinajstić information content (AvgIpc) is 3.19. The van der Waals surface area contributed by atoms with Crippen LogP contribution in [0.4, 0.5) is 0 Å². The molecule has 1 heterocycles. The van der Waals surface area contributed by atoms with E-state index in [-0.39, 0.29) is 12.8 Å². The Morgan fingerprint density at radius 1 is 1.00 bits per heavy atom. The van der Waals surface area contributed by atoms with Crippen molar-refractivity contribution in [1.29, 1.82) is 0 Å². The highest BCUT2D eigenvalue weighted by molar-refractivity contribution is 6.00. The summed E-state index contributed by atoms with van der Waals surface area (Å²) in [6.07, 6.45) is 0.984. The summed E-state index contributed by atoms with van der Waals surface area (Å²) < 4.78 is 21.8. The molecular weight excluding hydrogens is 356 g/mol. The zero-order chi connectivity index (χ0) is 19.3. The van der Waals surface area contributed by atoms with Crippen molar-refractivity contribution in [2.75, 3.05) is 20.0 Å². The van der Waals surface area contributed by atoms with Crippen LogP contribution in [0.25, 0.3) is 21.9 Å². The van der Waals surface area contributed by atoms with E-state index in [2.05, 4.69) is 12.1 Å². The van der Waals surface area contributed by atoms with Gasteiger partial charge < -0.3 is 18.9 Å². The first-order chi connectivity index (χ1) is 13.8. The van der Waals surface area contributed by atoms with Gasteiger partial charge in [-0.1, -0.05) is 36.4 Å². The predicted octanol–water partition coefficient (Wildman–Crippen LogP) is 4.96. The van der Waals surface area contributed by atoms with Crippen LogP contribution < -0.4 is 14.2 Å². The van der Waals surface area contributed by atoms with Gasteiger partial charge in [-0.05, 0) is 48.1 Å². The smallest absolute Gasteiger partial charge is 0.305 e. The Labute approximate surface area is 163 Å². The van der Waals surface area contributed by atoms with E-state index >= 15 is 0 Å². The van der Waals surface area contributed by atoms with E-state index in [1.807, 2.05) is 49.4 Å². The van der Waals surface area contributed by atoms with E-state index in [1.54, 1.807) is 0 Å². The first kappa shape index (κ1) is 18.2. The zero-order valence-corrected chi connectivity index (χ0v) is 15.8. The van der Waals surface area contributed by atoms with E-state index in [1.165, 1.54) is 0 Å². The van der Waals surface area contributed by atoms with Crippen LogP contribution in [0, 0.1) is 0 Å². The predicted molar refractivity (Wildman–Crippen MR) is 107 cm³/mol. The monoisotopic (exact) mass is 378 g/mol. The number of ether oxygens (including phenoxy) is 4. The molecule has 5 heteroatoms. The van der Waals surface area contributed by atoms with Gasteiger partial charge in [0.25, 0.3) is 0 Å². The summed E-state index contributed by atoms with van der Waals surface area (Å²) in [5.74, 6) is 2.16. The molecule has 0 aliphatic carbocycles. The SMILES string of the molecule is CCOC(=O)CCCOc1ccc(-c2ccc3c(c2)OCO3)c2ccccc12. The molecule has 144 valence electrons. The van der Waals surface area contributed by atoms with Crippen molar-refractivity contribution in [2.24, 2.45) is 0 Å². The number of hydrogen-bond donors (Lipinski definition) is 0. The van der Waals surface area contributed by atoms with Gasteiger partial charge in [0.15, 0.2) is 11.5 Å². The summed E-state index contributed by atoms with van der Waals surface area (Å²) >= 11 is 0. The zero-order valence-electron chi connectivity index (χ0n) is 15.8. The van der Waals surface area contributed by atoms with Crippen LogP contribution in [0.1, 0.15) is 19.8 Å². The summed E-state index contributed by atoms with van der Waals surface area (Å²) in [6, 6.07) is 18.2. The Balaban J connectivity index is 1.56. The second-order valence-electron chi connectivity index (χ2n) is 6.48. The topological polar surface area (TPSA) is 54.0 Å². The molecule has 0 unspecified atom stereocenters. The lowest BCUT2D eigenvalue weighted by Crippen LogP contribution is -2.06. The van der Waals surface area contributed by atoms with Gasteiger partial charge in [-0.15, -0.1) is 0 Å². The van der Waals surface area contributed by atoms with E-state index in [0.717, 1.165) is 39.1 Å². The number of esters is 1. The van der Waals surface area contributed by atoms with Crippen LogP contribution in [0.15, 0.2) is 54.6 Å². The Kier molecular flexibility index (Phi) is 5.33. The molecule has 28 heavy (non-hydrogen) atoms.